The number of nitrogens with one attached hydrogen (secondary N) is 1. The number of piperazine rings is 1. The van der Waals surface area contributed by atoms with Crippen LogP contribution in [0.3, 0.4) is 0 Å². The van der Waals surface area contributed by atoms with Gasteiger partial charge in [0.15, 0.2) is 0 Å². The van der Waals surface area contributed by atoms with Gasteiger partial charge in [0.2, 0.25) is 10.3 Å². The van der Waals surface area contributed by atoms with Crippen LogP contribution in [0.25, 0.3) is 5.13 Å². The van der Waals surface area contributed by atoms with Crippen LogP contribution in [0.15, 0.2) is 48.7 Å². The summed E-state index contributed by atoms with van der Waals surface area (Å²) in [4.78, 5) is 20.2. The van der Waals surface area contributed by atoms with Gasteiger partial charge in [0.05, 0.1) is 0 Å². The van der Waals surface area contributed by atoms with E-state index in [-0.39, 0.29) is 5.91 Å². The van der Waals surface area contributed by atoms with Gasteiger partial charge in [0.1, 0.15) is 5.69 Å². The second-order valence-electron chi connectivity index (χ2n) is 9.39. The standard InChI is InChI=1S/C26H35N7OS/c34-24(27-12-16-30-17-19-31(20-18-30)21-22-9-4-3-5-10-22)23-11-8-15-33(23)26-29-28-25(35-26)32-13-6-1-2-7-14-32/h3-5,8-11,15H,1-2,6-7,12-14,16-21H2,(H,27,34). The molecule has 2 aliphatic rings. The molecule has 1 N–H and O–H groups in total. The van der Waals surface area contributed by atoms with E-state index < -0.39 is 0 Å². The topological polar surface area (TPSA) is 69.5 Å². The molecule has 186 valence electrons. The van der Waals surface area contributed by atoms with Gasteiger partial charge in [-0.15, -0.1) is 10.2 Å². The number of hydrogen-bond donors (Lipinski definition) is 1. The van der Waals surface area contributed by atoms with Crippen molar-refractivity contribution in [2.45, 2.75) is 32.2 Å². The summed E-state index contributed by atoms with van der Waals surface area (Å²) < 4.78 is 1.86. The zero-order valence-electron chi connectivity index (χ0n) is 20.3. The normalized spacial score (nSPS) is 17.9. The summed E-state index contributed by atoms with van der Waals surface area (Å²) in [5.41, 5.74) is 1.97. The zero-order valence-corrected chi connectivity index (χ0v) is 21.1. The lowest BCUT2D eigenvalue weighted by molar-refractivity contribution is 0.0927. The van der Waals surface area contributed by atoms with Crippen molar-refractivity contribution in [3.63, 3.8) is 0 Å². The zero-order chi connectivity index (χ0) is 23.9. The predicted octanol–water partition coefficient (Wildman–Crippen LogP) is 3.26. The Kier molecular flexibility index (Phi) is 8.07. The van der Waals surface area contributed by atoms with Crippen LogP contribution < -0.4 is 10.2 Å². The van der Waals surface area contributed by atoms with Gasteiger partial charge in [0, 0.05) is 65.1 Å². The van der Waals surface area contributed by atoms with Gasteiger partial charge in [-0.25, -0.2) is 0 Å². The van der Waals surface area contributed by atoms with Gasteiger partial charge in [0.25, 0.3) is 5.91 Å². The number of nitrogens with zero attached hydrogens (tertiary/aromatic N) is 6. The summed E-state index contributed by atoms with van der Waals surface area (Å²) >= 11 is 1.56. The number of rotatable bonds is 8. The molecule has 0 saturated carbocycles. The van der Waals surface area contributed by atoms with E-state index in [4.69, 9.17) is 0 Å². The molecule has 0 atom stereocenters. The first kappa shape index (κ1) is 24.0. The number of hydrogen-bond acceptors (Lipinski definition) is 7. The molecule has 1 amide bonds. The van der Waals surface area contributed by atoms with E-state index in [0.717, 1.165) is 62.6 Å². The molecule has 2 aromatic heterocycles. The van der Waals surface area contributed by atoms with Crippen molar-refractivity contribution in [1.29, 1.82) is 0 Å². The summed E-state index contributed by atoms with van der Waals surface area (Å²) in [6, 6.07) is 14.4. The summed E-state index contributed by atoms with van der Waals surface area (Å²) in [6.07, 6.45) is 6.87. The number of benzene rings is 1. The molecule has 8 nitrogen and oxygen atoms in total. The average Bonchev–Trinajstić information content (AvgIpc) is 3.49. The van der Waals surface area contributed by atoms with Crippen molar-refractivity contribution >= 4 is 22.4 Å². The lowest BCUT2D eigenvalue weighted by Crippen LogP contribution is -2.48. The molecule has 0 bridgehead atoms. The van der Waals surface area contributed by atoms with E-state index >= 15 is 0 Å². The third-order valence-corrected chi connectivity index (χ3v) is 7.88. The van der Waals surface area contributed by atoms with E-state index in [2.05, 4.69) is 60.5 Å². The van der Waals surface area contributed by atoms with Crippen LogP contribution in [0.4, 0.5) is 5.13 Å². The fourth-order valence-electron chi connectivity index (χ4n) is 4.86. The molecule has 4 heterocycles. The molecule has 0 aliphatic carbocycles. The van der Waals surface area contributed by atoms with Crippen molar-refractivity contribution < 1.29 is 4.79 Å². The van der Waals surface area contributed by atoms with Crippen LogP contribution in [0.5, 0.6) is 0 Å². The second-order valence-corrected chi connectivity index (χ2v) is 10.3. The molecule has 0 radical (unpaired) electrons. The Morgan fingerprint density at radius 2 is 1.54 bits per heavy atom. The van der Waals surface area contributed by atoms with Gasteiger partial charge < -0.3 is 10.2 Å². The molecule has 2 aliphatic heterocycles. The monoisotopic (exact) mass is 493 g/mol. The van der Waals surface area contributed by atoms with Crippen molar-refractivity contribution in [3.05, 3.63) is 59.9 Å². The minimum Gasteiger partial charge on any atom is -0.349 e. The Labute approximate surface area is 211 Å². The maximum Gasteiger partial charge on any atom is 0.268 e. The average molecular weight is 494 g/mol. The third kappa shape index (κ3) is 6.28. The summed E-state index contributed by atoms with van der Waals surface area (Å²) in [5.74, 6) is -0.0655. The number of carbonyl (C=O) groups is 1. The van der Waals surface area contributed by atoms with Crippen LogP contribution in [0.1, 0.15) is 41.7 Å². The van der Waals surface area contributed by atoms with E-state index in [1.807, 2.05) is 22.9 Å². The van der Waals surface area contributed by atoms with Crippen molar-refractivity contribution in [2.24, 2.45) is 0 Å². The minimum atomic E-state index is -0.0655. The fraction of sp³-hybridized carbons (Fsp3) is 0.500. The predicted molar refractivity (Wildman–Crippen MR) is 140 cm³/mol. The number of aromatic nitrogens is 3. The van der Waals surface area contributed by atoms with E-state index in [1.54, 1.807) is 11.3 Å². The Hall–Kier alpha value is -2.75. The molecule has 2 fully saturated rings. The Morgan fingerprint density at radius 3 is 2.31 bits per heavy atom. The van der Waals surface area contributed by atoms with E-state index in [0.29, 0.717) is 12.2 Å². The summed E-state index contributed by atoms with van der Waals surface area (Å²) in [5, 5.41) is 13.6. The van der Waals surface area contributed by atoms with Gasteiger partial charge in [-0.3, -0.25) is 19.2 Å². The molecule has 35 heavy (non-hydrogen) atoms. The first-order valence-corrected chi connectivity index (χ1v) is 13.6. The molecular weight excluding hydrogens is 458 g/mol. The highest BCUT2D eigenvalue weighted by Gasteiger charge is 2.20. The van der Waals surface area contributed by atoms with Crippen LogP contribution in [-0.4, -0.2) is 82.8 Å². The van der Waals surface area contributed by atoms with E-state index in [9.17, 15) is 4.79 Å². The third-order valence-electron chi connectivity index (χ3n) is 6.90. The highest BCUT2D eigenvalue weighted by Crippen LogP contribution is 2.26. The maximum absolute atomic E-state index is 12.9. The molecule has 0 unspecified atom stereocenters. The lowest BCUT2D eigenvalue weighted by Gasteiger charge is -2.34. The van der Waals surface area contributed by atoms with Crippen LogP contribution >= 0.6 is 11.3 Å². The Morgan fingerprint density at radius 1 is 0.829 bits per heavy atom. The van der Waals surface area contributed by atoms with Crippen LogP contribution in [-0.2, 0) is 6.54 Å². The number of anilines is 1. The molecule has 5 rings (SSSR count). The smallest absolute Gasteiger partial charge is 0.268 e. The minimum absolute atomic E-state index is 0.0655. The lowest BCUT2D eigenvalue weighted by atomic mass is 10.2. The number of amides is 1. The second kappa shape index (κ2) is 11.8. The van der Waals surface area contributed by atoms with Gasteiger partial charge in [-0.05, 0) is 30.5 Å². The Bertz CT molecular complexity index is 1070. The first-order chi connectivity index (χ1) is 17.3. The van der Waals surface area contributed by atoms with Crippen molar-refractivity contribution in [3.8, 4) is 5.13 Å². The molecular formula is C26H35N7OS. The van der Waals surface area contributed by atoms with Crippen molar-refractivity contribution in [2.75, 3.05) is 57.3 Å². The molecule has 3 aromatic rings. The quantitative estimate of drug-likeness (QED) is 0.520. The first-order valence-electron chi connectivity index (χ1n) is 12.8. The molecule has 1 aromatic carbocycles. The molecule has 2 saturated heterocycles. The maximum atomic E-state index is 12.9. The van der Waals surface area contributed by atoms with Gasteiger partial charge in [-0.1, -0.05) is 54.5 Å². The summed E-state index contributed by atoms with van der Waals surface area (Å²) in [7, 11) is 0. The van der Waals surface area contributed by atoms with Gasteiger partial charge >= 0.3 is 0 Å². The van der Waals surface area contributed by atoms with Gasteiger partial charge in [-0.2, -0.15) is 0 Å². The molecule has 0 spiro atoms. The summed E-state index contributed by atoms with van der Waals surface area (Å²) in [6.45, 7) is 8.76. The number of carbonyl (C=O) groups excluding carboxylic acids is 1. The molecule has 9 heteroatoms. The fourth-order valence-corrected chi connectivity index (χ4v) is 5.75. The van der Waals surface area contributed by atoms with E-state index in [1.165, 1.54) is 31.2 Å². The highest BCUT2D eigenvalue weighted by molar-refractivity contribution is 7.17. The Balaban J connectivity index is 1.09. The van der Waals surface area contributed by atoms with Crippen LogP contribution in [0, 0.1) is 0 Å². The van der Waals surface area contributed by atoms with Crippen molar-refractivity contribution in [1.82, 2.24) is 29.9 Å². The SMILES string of the molecule is O=C(NCCN1CCN(Cc2ccccc2)CC1)c1cccn1-c1nnc(N2CCCCCC2)s1. The van der Waals surface area contributed by atoms with Crippen LogP contribution in [0.2, 0.25) is 0 Å². The largest absolute Gasteiger partial charge is 0.349 e. The highest BCUT2D eigenvalue weighted by atomic mass is 32.1.